The first-order valence-electron chi connectivity index (χ1n) is 5.43. The Morgan fingerprint density at radius 2 is 1.75 bits per heavy atom. The van der Waals surface area contributed by atoms with Crippen LogP contribution in [0.15, 0.2) is 0 Å². The summed E-state index contributed by atoms with van der Waals surface area (Å²) in [6.45, 7) is 3.61. The zero-order chi connectivity index (χ0) is 12.3. The fourth-order valence-corrected chi connectivity index (χ4v) is 1.85. The van der Waals surface area contributed by atoms with Gasteiger partial charge in [0, 0.05) is 0 Å². The van der Waals surface area contributed by atoms with E-state index >= 15 is 0 Å². The second-order valence-corrected chi connectivity index (χ2v) is 7.39. The van der Waals surface area contributed by atoms with Gasteiger partial charge in [0.05, 0.1) is 5.92 Å². The van der Waals surface area contributed by atoms with Gasteiger partial charge in [-0.25, -0.2) is 0 Å². The van der Waals surface area contributed by atoms with Gasteiger partial charge in [-0.15, -0.1) is 0 Å². The van der Waals surface area contributed by atoms with Crippen molar-refractivity contribution in [1.82, 2.24) is 0 Å². The Bertz CT molecular complexity index is 274. The normalized spacial score (nSPS) is 26.2. The number of rotatable bonds is 3. The van der Waals surface area contributed by atoms with Crippen LogP contribution in [0, 0.1) is 5.92 Å². The van der Waals surface area contributed by atoms with E-state index in [2.05, 4.69) is 0 Å². The molecule has 16 heavy (non-hydrogen) atoms. The van der Waals surface area contributed by atoms with E-state index in [0.29, 0.717) is 25.7 Å². The molecule has 0 aromatic rings. The standard InChI is InChI=1S/C11H17IO4/c1-11(2,12)10(15)16-8-5-3-7(4-6-8)9(13)14/h7-8H,3-6H2,1-2H3,(H,13,14). The van der Waals surface area contributed by atoms with Gasteiger partial charge in [-0.2, -0.15) is 0 Å². The number of carbonyl (C=O) groups excluding carboxylic acids is 1. The largest absolute Gasteiger partial charge is 0.481 e. The van der Waals surface area contributed by atoms with Gasteiger partial charge in [0.25, 0.3) is 0 Å². The molecule has 0 unspecified atom stereocenters. The summed E-state index contributed by atoms with van der Waals surface area (Å²) in [6.07, 6.45) is 2.44. The highest BCUT2D eigenvalue weighted by Gasteiger charge is 2.32. The number of hydrogen-bond donors (Lipinski definition) is 1. The lowest BCUT2D eigenvalue weighted by Gasteiger charge is -2.28. The number of esters is 1. The van der Waals surface area contributed by atoms with Crippen molar-refractivity contribution in [2.45, 2.75) is 49.1 Å². The third-order valence-corrected chi connectivity index (χ3v) is 3.22. The molecule has 4 nitrogen and oxygen atoms in total. The molecule has 92 valence electrons. The minimum atomic E-state index is -0.737. The molecule has 1 saturated carbocycles. The minimum absolute atomic E-state index is 0.0999. The Hall–Kier alpha value is -0.330. The average molecular weight is 340 g/mol. The average Bonchev–Trinajstić information content (AvgIpc) is 2.17. The summed E-state index contributed by atoms with van der Waals surface area (Å²) in [5, 5.41) is 8.83. The number of carboxylic acids is 1. The van der Waals surface area contributed by atoms with Crippen LogP contribution in [0.25, 0.3) is 0 Å². The summed E-state index contributed by atoms with van der Waals surface area (Å²) in [7, 11) is 0. The van der Waals surface area contributed by atoms with Crippen molar-refractivity contribution in [2.75, 3.05) is 0 Å². The molecule has 0 amide bonds. The van der Waals surface area contributed by atoms with Crippen LogP contribution in [-0.2, 0) is 14.3 Å². The molecule has 5 heteroatoms. The van der Waals surface area contributed by atoms with Crippen molar-refractivity contribution in [3.63, 3.8) is 0 Å². The molecule has 0 aromatic heterocycles. The van der Waals surface area contributed by atoms with Crippen LogP contribution in [0.4, 0.5) is 0 Å². The van der Waals surface area contributed by atoms with E-state index in [1.807, 2.05) is 22.6 Å². The summed E-state index contributed by atoms with van der Waals surface area (Å²) in [5.74, 6) is -1.21. The smallest absolute Gasteiger partial charge is 0.321 e. The van der Waals surface area contributed by atoms with E-state index in [0.717, 1.165) is 0 Å². The van der Waals surface area contributed by atoms with E-state index < -0.39 is 9.39 Å². The van der Waals surface area contributed by atoms with Crippen molar-refractivity contribution < 1.29 is 19.4 Å². The molecule has 0 atom stereocenters. The van der Waals surface area contributed by atoms with Gasteiger partial charge in [0.15, 0.2) is 0 Å². The maximum Gasteiger partial charge on any atom is 0.321 e. The molecule has 1 N–H and O–H groups in total. The van der Waals surface area contributed by atoms with Gasteiger partial charge in [0.1, 0.15) is 9.53 Å². The van der Waals surface area contributed by atoms with E-state index in [1.165, 1.54) is 0 Å². The lowest BCUT2D eigenvalue weighted by Crippen LogP contribution is -2.33. The minimum Gasteiger partial charge on any atom is -0.481 e. The van der Waals surface area contributed by atoms with E-state index in [4.69, 9.17) is 9.84 Å². The molecular weight excluding hydrogens is 323 g/mol. The van der Waals surface area contributed by atoms with E-state index in [-0.39, 0.29) is 18.0 Å². The number of hydrogen-bond acceptors (Lipinski definition) is 3. The van der Waals surface area contributed by atoms with E-state index in [9.17, 15) is 9.59 Å². The third kappa shape index (κ3) is 3.92. The number of alkyl halides is 1. The summed E-state index contributed by atoms with van der Waals surface area (Å²) in [6, 6.07) is 0. The second-order valence-electron chi connectivity index (χ2n) is 4.69. The molecule has 0 aromatic carbocycles. The maximum atomic E-state index is 11.6. The molecule has 1 rings (SSSR count). The first-order chi connectivity index (χ1) is 7.30. The fourth-order valence-electron chi connectivity index (χ4n) is 1.72. The molecule has 0 radical (unpaired) electrons. The summed E-state index contributed by atoms with van der Waals surface area (Å²) in [5.41, 5.74) is 0. The third-order valence-electron chi connectivity index (χ3n) is 2.78. The topological polar surface area (TPSA) is 63.6 Å². The van der Waals surface area contributed by atoms with Gasteiger partial charge in [-0.05, 0) is 39.5 Å². The zero-order valence-corrected chi connectivity index (χ0v) is 11.7. The molecule has 1 aliphatic rings. The van der Waals surface area contributed by atoms with E-state index in [1.54, 1.807) is 13.8 Å². The highest BCUT2D eigenvalue weighted by Crippen LogP contribution is 2.28. The number of halogens is 1. The van der Waals surface area contributed by atoms with Crippen LogP contribution in [-0.4, -0.2) is 26.6 Å². The molecule has 0 bridgehead atoms. The summed E-state index contributed by atoms with van der Waals surface area (Å²) < 4.78 is 4.83. The zero-order valence-electron chi connectivity index (χ0n) is 9.53. The quantitative estimate of drug-likeness (QED) is 0.487. The number of carboxylic acid groups (broad SMARTS) is 1. The van der Waals surface area contributed by atoms with Crippen LogP contribution in [0.5, 0.6) is 0 Å². The first-order valence-corrected chi connectivity index (χ1v) is 6.51. The van der Waals surface area contributed by atoms with Gasteiger partial charge in [-0.1, -0.05) is 22.6 Å². The van der Waals surface area contributed by atoms with Gasteiger partial charge in [-0.3, -0.25) is 9.59 Å². The van der Waals surface area contributed by atoms with Crippen molar-refractivity contribution in [3.8, 4) is 0 Å². The first kappa shape index (κ1) is 13.7. The second kappa shape index (κ2) is 5.33. The Balaban J connectivity index is 2.38. The van der Waals surface area contributed by atoms with Crippen LogP contribution in [0.3, 0.4) is 0 Å². The molecule has 1 aliphatic carbocycles. The maximum absolute atomic E-state index is 11.6. The Labute approximate surface area is 109 Å². The number of aliphatic carboxylic acids is 1. The Morgan fingerprint density at radius 3 is 2.12 bits per heavy atom. The monoisotopic (exact) mass is 340 g/mol. The highest BCUT2D eigenvalue weighted by molar-refractivity contribution is 14.1. The molecule has 0 saturated heterocycles. The highest BCUT2D eigenvalue weighted by atomic mass is 127. The SMILES string of the molecule is CC(C)(I)C(=O)OC1CCC(C(=O)O)CC1. The molecule has 1 fully saturated rings. The van der Waals surface area contributed by atoms with Gasteiger partial charge < -0.3 is 9.84 Å². The van der Waals surface area contributed by atoms with Crippen molar-refractivity contribution in [1.29, 1.82) is 0 Å². The fraction of sp³-hybridized carbons (Fsp3) is 0.818. The summed E-state index contributed by atoms with van der Waals surface area (Å²) >= 11 is 2.04. The molecule has 0 heterocycles. The lowest BCUT2D eigenvalue weighted by atomic mass is 9.87. The van der Waals surface area contributed by atoms with Crippen LogP contribution < -0.4 is 0 Å². The van der Waals surface area contributed by atoms with Crippen molar-refractivity contribution in [3.05, 3.63) is 0 Å². The Kier molecular flexibility index (Phi) is 4.58. The Morgan fingerprint density at radius 1 is 1.25 bits per heavy atom. The predicted octanol–water partition coefficient (Wildman–Crippen LogP) is 2.39. The molecule has 0 spiro atoms. The summed E-state index contributed by atoms with van der Waals surface area (Å²) in [4.78, 5) is 22.3. The number of carbonyl (C=O) groups is 2. The van der Waals surface area contributed by atoms with Crippen LogP contribution in [0.1, 0.15) is 39.5 Å². The molecular formula is C11H17IO4. The van der Waals surface area contributed by atoms with Crippen molar-refractivity contribution >= 4 is 34.5 Å². The van der Waals surface area contributed by atoms with Gasteiger partial charge in [0.2, 0.25) is 0 Å². The van der Waals surface area contributed by atoms with Crippen LogP contribution >= 0.6 is 22.6 Å². The van der Waals surface area contributed by atoms with Gasteiger partial charge >= 0.3 is 11.9 Å². The number of ether oxygens (including phenoxy) is 1. The lowest BCUT2D eigenvalue weighted by molar-refractivity contribution is -0.153. The predicted molar refractivity (Wildman–Crippen MR) is 67.6 cm³/mol. The van der Waals surface area contributed by atoms with Crippen molar-refractivity contribution in [2.24, 2.45) is 5.92 Å². The van der Waals surface area contributed by atoms with Crippen LogP contribution in [0.2, 0.25) is 0 Å². The molecule has 0 aliphatic heterocycles.